The van der Waals surface area contributed by atoms with Crippen molar-refractivity contribution in [2.24, 2.45) is 5.73 Å². The molecule has 2 rings (SSSR count). The lowest BCUT2D eigenvalue weighted by atomic mass is 10.1. The van der Waals surface area contributed by atoms with Crippen LogP contribution >= 0.6 is 35.0 Å². The number of carbonyl (C=O) groups is 3. The van der Waals surface area contributed by atoms with Crippen molar-refractivity contribution in [3.05, 3.63) is 42.8 Å². The third-order valence-corrected chi connectivity index (χ3v) is 4.40. The molecule has 0 aliphatic carbocycles. The number of halogens is 2. The monoisotopic (exact) mass is 375 g/mol. The molecule has 0 radical (unpaired) electrons. The Hall–Kier alpha value is -2.10. The number of nitrogens with two attached hydrogens (primary N) is 1. The van der Waals surface area contributed by atoms with Crippen LogP contribution in [-0.4, -0.2) is 33.4 Å². The second-order valence-electron chi connectivity index (χ2n) is 4.29. The molecule has 1 aliphatic heterocycles. The van der Waals surface area contributed by atoms with Crippen LogP contribution in [0.5, 0.6) is 0 Å². The topological polar surface area (TPSA) is 124 Å². The fraction of sp³-hybridized carbons (Fsp3) is 0.0833. The maximum absolute atomic E-state index is 12.1. The number of imide groups is 1. The minimum Gasteiger partial charge on any atom is -0.368 e. The molecule has 1 aliphatic rings. The van der Waals surface area contributed by atoms with Crippen LogP contribution in [0.2, 0.25) is 10.0 Å². The van der Waals surface area contributed by atoms with Crippen LogP contribution in [0.1, 0.15) is 5.56 Å². The highest BCUT2D eigenvalue weighted by molar-refractivity contribution is 8.18. The quantitative estimate of drug-likeness (QED) is 0.489. The van der Waals surface area contributed by atoms with Gasteiger partial charge in [0.25, 0.3) is 16.8 Å². The van der Waals surface area contributed by atoms with Crippen molar-refractivity contribution in [2.75, 3.05) is 6.54 Å². The average molecular weight is 376 g/mol. The Bertz CT molecular complexity index is 780. The average Bonchev–Trinajstić information content (AvgIpc) is 2.70. The number of amides is 3. The van der Waals surface area contributed by atoms with E-state index in [2.05, 4.69) is 0 Å². The third kappa shape index (κ3) is 3.46. The molecule has 0 unspecified atom stereocenters. The Morgan fingerprint density at radius 1 is 1.39 bits per heavy atom. The summed E-state index contributed by atoms with van der Waals surface area (Å²) in [6.07, 6.45) is 1.17. The van der Waals surface area contributed by atoms with Gasteiger partial charge in [0.05, 0.1) is 9.83 Å². The molecule has 1 saturated heterocycles. The summed E-state index contributed by atoms with van der Waals surface area (Å²) < 4.78 is 0. The molecule has 2 N–H and O–H groups in total. The summed E-state index contributed by atoms with van der Waals surface area (Å²) >= 11 is 12.4. The molecule has 1 aromatic rings. The van der Waals surface area contributed by atoms with Gasteiger partial charge in [-0.3, -0.25) is 29.4 Å². The summed E-state index contributed by atoms with van der Waals surface area (Å²) in [5, 5.41) is 10.0. The molecule has 1 fully saturated rings. The molecule has 11 heteroatoms. The number of hydrogen-bond donors (Lipinski definition) is 1. The smallest absolute Gasteiger partial charge is 0.294 e. The predicted molar refractivity (Wildman–Crippen MR) is 85.0 cm³/mol. The van der Waals surface area contributed by atoms with Crippen molar-refractivity contribution in [3.8, 4) is 0 Å². The van der Waals surface area contributed by atoms with E-state index >= 15 is 0 Å². The summed E-state index contributed by atoms with van der Waals surface area (Å²) in [6, 6.07) is 2.38. The van der Waals surface area contributed by atoms with Crippen molar-refractivity contribution in [1.82, 2.24) is 4.90 Å². The van der Waals surface area contributed by atoms with Crippen LogP contribution < -0.4 is 5.73 Å². The first-order valence-electron chi connectivity index (χ1n) is 5.88. The van der Waals surface area contributed by atoms with Crippen molar-refractivity contribution >= 4 is 63.8 Å². The maximum atomic E-state index is 12.1. The number of thioether (sulfide) groups is 1. The van der Waals surface area contributed by atoms with E-state index in [9.17, 15) is 24.5 Å². The Balaban J connectivity index is 2.46. The van der Waals surface area contributed by atoms with Crippen molar-refractivity contribution in [1.29, 1.82) is 0 Å². The summed E-state index contributed by atoms with van der Waals surface area (Å²) in [7, 11) is 0. The van der Waals surface area contributed by atoms with Gasteiger partial charge >= 0.3 is 0 Å². The Morgan fingerprint density at radius 2 is 2.04 bits per heavy atom. The van der Waals surface area contributed by atoms with Crippen molar-refractivity contribution < 1.29 is 19.3 Å². The highest BCUT2D eigenvalue weighted by Crippen LogP contribution is 2.38. The maximum Gasteiger partial charge on any atom is 0.294 e. The highest BCUT2D eigenvalue weighted by Gasteiger charge is 2.36. The minimum atomic E-state index is -0.847. The Labute approximate surface area is 143 Å². The molecule has 0 bridgehead atoms. The van der Waals surface area contributed by atoms with E-state index in [1.165, 1.54) is 12.1 Å². The van der Waals surface area contributed by atoms with Crippen molar-refractivity contribution in [3.63, 3.8) is 0 Å². The largest absolute Gasteiger partial charge is 0.368 e. The molecule has 0 spiro atoms. The number of nitro benzene ring substituents is 1. The zero-order valence-electron chi connectivity index (χ0n) is 11.1. The second-order valence-corrected chi connectivity index (χ2v) is 6.06. The molecule has 3 amide bonds. The predicted octanol–water partition coefficient (Wildman–Crippen LogP) is 2.42. The van der Waals surface area contributed by atoms with Gasteiger partial charge in [0.2, 0.25) is 5.91 Å². The fourth-order valence-corrected chi connectivity index (χ4v) is 3.12. The molecule has 0 aromatic heterocycles. The number of primary amides is 1. The molecule has 1 heterocycles. The molecular weight excluding hydrogens is 369 g/mol. The van der Waals surface area contributed by atoms with E-state index < -0.39 is 34.2 Å². The first kappa shape index (κ1) is 17.3. The number of carbonyl (C=O) groups excluding carboxylic acids is 3. The van der Waals surface area contributed by atoms with E-state index in [0.717, 1.165) is 6.07 Å². The van der Waals surface area contributed by atoms with Gasteiger partial charge in [-0.05, 0) is 23.9 Å². The molecule has 120 valence electrons. The van der Waals surface area contributed by atoms with E-state index in [-0.39, 0.29) is 20.5 Å². The molecule has 0 saturated carbocycles. The zero-order valence-corrected chi connectivity index (χ0v) is 13.4. The van der Waals surface area contributed by atoms with E-state index in [4.69, 9.17) is 28.9 Å². The van der Waals surface area contributed by atoms with Gasteiger partial charge in [-0.1, -0.05) is 23.2 Å². The van der Waals surface area contributed by atoms with E-state index in [1.54, 1.807) is 0 Å². The lowest BCUT2D eigenvalue weighted by molar-refractivity contribution is -0.384. The van der Waals surface area contributed by atoms with Crippen LogP contribution in [0.4, 0.5) is 10.5 Å². The standard InChI is InChI=1S/C12H7Cl2N3O5S/c13-6-1-2-7(17(21)22)10(14)5(6)3-8-11(19)16(4-9(15)18)12(20)23-8/h1-3H,4H2,(H2,15,18)/b8-3-. The Morgan fingerprint density at radius 3 is 2.61 bits per heavy atom. The van der Waals surface area contributed by atoms with E-state index in [1.807, 2.05) is 0 Å². The molecule has 0 atom stereocenters. The summed E-state index contributed by atoms with van der Waals surface area (Å²) in [5.41, 5.74) is 4.61. The van der Waals surface area contributed by atoms with Crippen LogP contribution in [-0.2, 0) is 9.59 Å². The van der Waals surface area contributed by atoms with Crippen LogP contribution in [0.3, 0.4) is 0 Å². The molecule has 23 heavy (non-hydrogen) atoms. The lowest BCUT2D eigenvalue weighted by Gasteiger charge is -2.08. The molecule has 1 aromatic carbocycles. The number of benzene rings is 1. The van der Waals surface area contributed by atoms with Gasteiger partial charge in [0, 0.05) is 16.7 Å². The van der Waals surface area contributed by atoms with Gasteiger partial charge in [-0.2, -0.15) is 0 Å². The Kier molecular flexibility index (Phi) is 4.93. The fourth-order valence-electron chi connectivity index (χ4n) is 1.75. The first-order valence-corrected chi connectivity index (χ1v) is 7.45. The van der Waals surface area contributed by atoms with Gasteiger partial charge in [0.1, 0.15) is 11.6 Å². The van der Waals surface area contributed by atoms with Crippen LogP contribution in [0.15, 0.2) is 17.0 Å². The van der Waals surface area contributed by atoms with E-state index in [0.29, 0.717) is 16.7 Å². The van der Waals surface area contributed by atoms with Gasteiger partial charge < -0.3 is 5.73 Å². The van der Waals surface area contributed by atoms with Crippen molar-refractivity contribution in [2.45, 2.75) is 0 Å². The summed E-state index contributed by atoms with van der Waals surface area (Å²) in [4.78, 5) is 45.4. The summed E-state index contributed by atoms with van der Waals surface area (Å²) in [6.45, 7) is -0.557. The highest BCUT2D eigenvalue weighted by atomic mass is 35.5. The van der Waals surface area contributed by atoms with Gasteiger partial charge in [-0.25, -0.2) is 0 Å². The number of rotatable bonds is 4. The SMILES string of the molecule is NC(=O)CN1C(=O)S/C(=C\c2c(Cl)ccc([N+](=O)[O-])c2Cl)C1=O. The van der Waals surface area contributed by atoms with Crippen LogP contribution in [0, 0.1) is 10.1 Å². The normalized spacial score (nSPS) is 16.3. The van der Waals surface area contributed by atoms with Gasteiger partial charge in [-0.15, -0.1) is 0 Å². The number of nitrogens with zero attached hydrogens (tertiary/aromatic N) is 2. The number of nitro groups is 1. The number of hydrogen-bond acceptors (Lipinski definition) is 6. The van der Waals surface area contributed by atoms with Gasteiger partial charge in [0.15, 0.2) is 0 Å². The lowest BCUT2D eigenvalue weighted by Crippen LogP contribution is -2.36. The molecule has 8 nitrogen and oxygen atoms in total. The minimum absolute atomic E-state index is 0.0344. The summed E-state index contributed by atoms with van der Waals surface area (Å²) in [5.74, 6) is -1.60. The second kappa shape index (κ2) is 6.57. The zero-order chi connectivity index (χ0) is 17.3. The first-order chi connectivity index (χ1) is 10.7. The third-order valence-electron chi connectivity index (χ3n) is 2.77. The van der Waals surface area contributed by atoms with Crippen LogP contribution in [0.25, 0.3) is 6.08 Å². The molecular formula is C12H7Cl2N3O5S.